The van der Waals surface area contributed by atoms with Gasteiger partial charge in [-0.2, -0.15) is 0 Å². The van der Waals surface area contributed by atoms with Gasteiger partial charge in [-0.25, -0.2) is 0 Å². The highest BCUT2D eigenvalue weighted by molar-refractivity contribution is 9.11. The summed E-state index contributed by atoms with van der Waals surface area (Å²) >= 11 is 5.19. The third kappa shape index (κ3) is 3.23. The van der Waals surface area contributed by atoms with Crippen LogP contribution in [0.4, 0.5) is 0 Å². The van der Waals surface area contributed by atoms with E-state index in [1.807, 2.05) is 7.05 Å². The number of halogens is 1. The smallest absolute Gasteiger partial charge is 0.0987 e. The van der Waals surface area contributed by atoms with Gasteiger partial charge in [0, 0.05) is 18.5 Å². The molecule has 4 heteroatoms. The number of methoxy groups -OCH3 is 1. The molecular weight excluding hydrogens is 238 g/mol. The van der Waals surface area contributed by atoms with Crippen LogP contribution in [0.15, 0.2) is 15.9 Å². The van der Waals surface area contributed by atoms with Crippen molar-refractivity contribution in [3.63, 3.8) is 0 Å². The molecule has 2 nitrogen and oxygen atoms in total. The molecule has 0 unspecified atom stereocenters. The number of nitrogens with zero attached hydrogens (tertiary/aromatic N) is 1. The van der Waals surface area contributed by atoms with Gasteiger partial charge in [-0.05, 0) is 35.1 Å². The molecule has 68 valence electrons. The Morgan fingerprint density at radius 2 is 2.33 bits per heavy atom. The van der Waals surface area contributed by atoms with Gasteiger partial charge in [-0.1, -0.05) is 0 Å². The van der Waals surface area contributed by atoms with Gasteiger partial charge in [0.2, 0.25) is 0 Å². The van der Waals surface area contributed by atoms with Crippen LogP contribution in [0, 0.1) is 0 Å². The summed E-state index contributed by atoms with van der Waals surface area (Å²) in [7, 11) is 3.75. The van der Waals surface area contributed by atoms with Crippen LogP contribution >= 0.6 is 27.3 Å². The SMILES string of the molecule is COCN(C)Cc1ccc(Br)s1. The van der Waals surface area contributed by atoms with Crippen molar-refractivity contribution in [3.05, 3.63) is 20.8 Å². The highest BCUT2D eigenvalue weighted by atomic mass is 79.9. The van der Waals surface area contributed by atoms with Gasteiger partial charge in [0.1, 0.15) is 0 Å². The molecule has 0 spiro atoms. The van der Waals surface area contributed by atoms with Gasteiger partial charge in [-0.15, -0.1) is 11.3 Å². The molecular formula is C8H12BrNOS. The topological polar surface area (TPSA) is 12.5 Å². The van der Waals surface area contributed by atoms with E-state index in [9.17, 15) is 0 Å². The number of hydrogen-bond acceptors (Lipinski definition) is 3. The van der Waals surface area contributed by atoms with Crippen LogP contribution in [0.2, 0.25) is 0 Å². The first kappa shape index (κ1) is 10.2. The first-order valence-corrected chi connectivity index (χ1v) is 5.25. The van der Waals surface area contributed by atoms with E-state index in [4.69, 9.17) is 4.74 Å². The van der Waals surface area contributed by atoms with Crippen LogP contribution in [0.5, 0.6) is 0 Å². The standard InChI is InChI=1S/C8H12BrNOS/c1-10(6-11-2)5-7-3-4-8(9)12-7/h3-4H,5-6H2,1-2H3. The molecule has 0 saturated carbocycles. The van der Waals surface area contributed by atoms with Crippen LogP contribution in [-0.4, -0.2) is 25.8 Å². The van der Waals surface area contributed by atoms with E-state index in [0.29, 0.717) is 6.73 Å². The molecule has 1 aromatic rings. The minimum atomic E-state index is 0.676. The van der Waals surface area contributed by atoms with Crippen molar-refractivity contribution < 1.29 is 4.74 Å². The molecule has 0 aliphatic heterocycles. The molecule has 0 aliphatic carbocycles. The number of ether oxygens (including phenoxy) is 1. The highest BCUT2D eigenvalue weighted by Crippen LogP contribution is 2.22. The van der Waals surface area contributed by atoms with Gasteiger partial charge in [-0.3, -0.25) is 4.90 Å². The molecule has 0 aliphatic rings. The zero-order chi connectivity index (χ0) is 8.97. The van der Waals surface area contributed by atoms with Crippen LogP contribution in [0.3, 0.4) is 0 Å². The first-order chi connectivity index (χ1) is 5.72. The second-order valence-electron chi connectivity index (χ2n) is 2.64. The van der Waals surface area contributed by atoms with Crippen LogP contribution in [-0.2, 0) is 11.3 Å². The molecule has 0 bridgehead atoms. The van der Waals surface area contributed by atoms with E-state index in [0.717, 1.165) is 6.54 Å². The third-order valence-electron chi connectivity index (χ3n) is 1.40. The third-order valence-corrected chi connectivity index (χ3v) is 3.01. The van der Waals surface area contributed by atoms with Crippen molar-refractivity contribution in [2.75, 3.05) is 20.9 Å². The molecule has 0 N–H and O–H groups in total. The van der Waals surface area contributed by atoms with E-state index >= 15 is 0 Å². The summed E-state index contributed by atoms with van der Waals surface area (Å²) in [6.45, 7) is 1.62. The van der Waals surface area contributed by atoms with E-state index in [1.54, 1.807) is 18.4 Å². The van der Waals surface area contributed by atoms with Crippen LogP contribution in [0.25, 0.3) is 0 Å². The summed E-state index contributed by atoms with van der Waals surface area (Å²) < 4.78 is 6.19. The minimum Gasteiger partial charge on any atom is -0.369 e. The van der Waals surface area contributed by atoms with Gasteiger partial charge < -0.3 is 4.74 Å². The van der Waals surface area contributed by atoms with Gasteiger partial charge >= 0.3 is 0 Å². The van der Waals surface area contributed by atoms with Gasteiger partial charge in [0.15, 0.2) is 0 Å². The number of thiophene rings is 1. The van der Waals surface area contributed by atoms with Crippen molar-refractivity contribution in [2.24, 2.45) is 0 Å². The molecule has 1 heterocycles. The molecule has 0 radical (unpaired) electrons. The lowest BCUT2D eigenvalue weighted by Crippen LogP contribution is -2.19. The Hall–Kier alpha value is 0.1000. The normalized spacial score (nSPS) is 11.0. The number of rotatable bonds is 4. The average Bonchev–Trinajstić information content (AvgIpc) is 2.36. The number of hydrogen-bond donors (Lipinski definition) is 0. The lowest BCUT2D eigenvalue weighted by molar-refractivity contribution is 0.0778. The Balaban J connectivity index is 2.41. The monoisotopic (exact) mass is 249 g/mol. The molecule has 1 rings (SSSR count). The fraction of sp³-hybridized carbons (Fsp3) is 0.500. The zero-order valence-corrected chi connectivity index (χ0v) is 9.61. The van der Waals surface area contributed by atoms with Gasteiger partial charge in [0.25, 0.3) is 0 Å². The zero-order valence-electron chi connectivity index (χ0n) is 7.21. The molecule has 0 aromatic carbocycles. The van der Waals surface area contributed by atoms with Crippen LogP contribution < -0.4 is 0 Å². The fourth-order valence-corrected chi connectivity index (χ4v) is 2.53. The van der Waals surface area contributed by atoms with E-state index in [1.165, 1.54) is 8.66 Å². The Labute approximate surface area is 85.3 Å². The predicted octanol–water partition coefficient (Wildman–Crippen LogP) is 2.55. The average molecular weight is 250 g/mol. The van der Waals surface area contributed by atoms with Crippen molar-refractivity contribution in [1.82, 2.24) is 4.90 Å². The lowest BCUT2D eigenvalue weighted by Gasteiger charge is -2.13. The summed E-state index contributed by atoms with van der Waals surface area (Å²) in [5, 5.41) is 0. The Kier molecular flexibility index (Phi) is 4.21. The van der Waals surface area contributed by atoms with Crippen molar-refractivity contribution >= 4 is 27.3 Å². The first-order valence-electron chi connectivity index (χ1n) is 3.64. The van der Waals surface area contributed by atoms with E-state index in [-0.39, 0.29) is 0 Å². The van der Waals surface area contributed by atoms with Crippen molar-refractivity contribution in [2.45, 2.75) is 6.54 Å². The molecule has 1 aromatic heterocycles. The molecule has 0 fully saturated rings. The second kappa shape index (κ2) is 4.97. The van der Waals surface area contributed by atoms with Crippen molar-refractivity contribution in [1.29, 1.82) is 0 Å². The summed E-state index contributed by atoms with van der Waals surface area (Å²) in [6.07, 6.45) is 0. The quantitative estimate of drug-likeness (QED) is 0.761. The summed E-state index contributed by atoms with van der Waals surface area (Å²) in [4.78, 5) is 3.47. The molecule has 0 amide bonds. The van der Waals surface area contributed by atoms with E-state index in [2.05, 4.69) is 33.0 Å². The maximum absolute atomic E-state index is 5.00. The van der Waals surface area contributed by atoms with Gasteiger partial charge in [0.05, 0.1) is 10.5 Å². The predicted molar refractivity (Wildman–Crippen MR) is 55.4 cm³/mol. The Morgan fingerprint density at radius 3 is 2.83 bits per heavy atom. The minimum absolute atomic E-state index is 0.676. The summed E-state index contributed by atoms with van der Waals surface area (Å²) in [6, 6.07) is 4.20. The largest absolute Gasteiger partial charge is 0.369 e. The van der Waals surface area contributed by atoms with Crippen LogP contribution in [0.1, 0.15) is 4.88 Å². The second-order valence-corrected chi connectivity index (χ2v) is 5.19. The molecule has 0 atom stereocenters. The molecule has 0 saturated heterocycles. The fourth-order valence-electron chi connectivity index (χ4n) is 0.969. The lowest BCUT2D eigenvalue weighted by atomic mass is 10.4. The van der Waals surface area contributed by atoms with E-state index < -0.39 is 0 Å². The highest BCUT2D eigenvalue weighted by Gasteiger charge is 2.01. The Bertz CT molecular complexity index is 239. The maximum atomic E-state index is 5.00. The molecule has 12 heavy (non-hydrogen) atoms. The van der Waals surface area contributed by atoms with Crippen molar-refractivity contribution in [3.8, 4) is 0 Å². The maximum Gasteiger partial charge on any atom is 0.0987 e. The summed E-state index contributed by atoms with van der Waals surface area (Å²) in [5.41, 5.74) is 0. The Morgan fingerprint density at radius 1 is 1.58 bits per heavy atom. The summed E-state index contributed by atoms with van der Waals surface area (Å²) in [5.74, 6) is 0.